The van der Waals surface area contributed by atoms with Gasteiger partial charge in [-0.05, 0) is 38.8 Å². The summed E-state index contributed by atoms with van der Waals surface area (Å²) >= 11 is 0. The number of hydrogen-bond acceptors (Lipinski definition) is 3. The topological polar surface area (TPSA) is 46.6 Å². The van der Waals surface area contributed by atoms with Gasteiger partial charge in [-0.25, -0.2) is 0 Å². The van der Waals surface area contributed by atoms with Gasteiger partial charge in [0.15, 0.2) is 0 Å². The number of hydrogen-bond donors (Lipinski definition) is 0. The molecule has 1 aromatic rings. The van der Waals surface area contributed by atoms with Crippen LogP contribution in [0.4, 0.5) is 0 Å². The third kappa shape index (κ3) is 5.66. The molecule has 1 amide bonds. The lowest BCUT2D eigenvalue weighted by molar-refractivity contribution is -0.149. The molecule has 134 valence electrons. The van der Waals surface area contributed by atoms with Crippen molar-refractivity contribution in [1.82, 2.24) is 4.90 Å². The number of esters is 1. The van der Waals surface area contributed by atoms with E-state index in [4.69, 9.17) is 4.74 Å². The zero-order valence-corrected chi connectivity index (χ0v) is 16.1. The van der Waals surface area contributed by atoms with Gasteiger partial charge in [-0.1, -0.05) is 38.1 Å². The van der Waals surface area contributed by atoms with Crippen molar-refractivity contribution in [2.75, 3.05) is 7.05 Å². The number of carbonyl (C=O) groups is 2. The molecule has 0 spiro atoms. The van der Waals surface area contributed by atoms with Crippen molar-refractivity contribution in [3.05, 3.63) is 35.4 Å². The Labute approximate surface area is 146 Å². The monoisotopic (exact) mass is 333 g/mol. The maximum Gasteiger partial charge on any atom is 0.310 e. The highest BCUT2D eigenvalue weighted by molar-refractivity contribution is 5.78. The lowest BCUT2D eigenvalue weighted by Gasteiger charge is -2.38. The SMILES string of the molecule is Cc1ccccc1CC(=O)OC(C)CC(C)(C)N(C)C(=O)C(C)C. The summed E-state index contributed by atoms with van der Waals surface area (Å²) < 4.78 is 5.56. The minimum atomic E-state index is -0.371. The Morgan fingerprint density at radius 2 is 1.75 bits per heavy atom. The molecule has 0 saturated carbocycles. The van der Waals surface area contributed by atoms with Gasteiger partial charge < -0.3 is 9.64 Å². The van der Waals surface area contributed by atoms with Crippen LogP contribution in [0.25, 0.3) is 0 Å². The molecule has 0 saturated heterocycles. The molecule has 4 heteroatoms. The highest BCUT2D eigenvalue weighted by Crippen LogP contribution is 2.23. The maximum atomic E-state index is 12.2. The van der Waals surface area contributed by atoms with Crippen molar-refractivity contribution < 1.29 is 14.3 Å². The summed E-state index contributed by atoms with van der Waals surface area (Å²) in [5, 5.41) is 0. The van der Waals surface area contributed by atoms with Gasteiger partial charge in [0, 0.05) is 24.9 Å². The van der Waals surface area contributed by atoms with Gasteiger partial charge in [-0.15, -0.1) is 0 Å². The first-order valence-corrected chi connectivity index (χ1v) is 8.56. The van der Waals surface area contributed by atoms with Gasteiger partial charge in [0.2, 0.25) is 5.91 Å². The van der Waals surface area contributed by atoms with Crippen molar-refractivity contribution in [3.63, 3.8) is 0 Å². The van der Waals surface area contributed by atoms with E-state index < -0.39 is 0 Å². The van der Waals surface area contributed by atoms with E-state index in [0.29, 0.717) is 6.42 Å². The van der Waals surface area contributed by atoms with E-state index in [-0.39, 0.29) is 35.9 Å². The summed E-state index contributed by atoms with van der Waals surface area (Å²) in [4.78, 5) is 26.1. The normalized spacial score (nSPS) is 12.8. The molecule has 4 nitrogen and oxygen atoms in total. The first-order valence-electron chi connectivity index (χ1n) is 8.56. The molecule has 0 aromatic heterocycles. The van der Waals surface area contributed by atoms with Crippen LogP contribution in [0.1, 0.15) is 52.2 Å². The Morgan fingerprint density at radius 1 is 1.17 bits per heavy atom. The Morgan fingerprint density at radius 3 is 2.29 bits per heavy atom. The van der Waals surface area contributed by atoms with Gasteiger partial charge in [0.25, 0.3) is 0 Å². The number of nitrogens with zero attached hydrogens (tertiary/aromatic N) is 1. The Hall–Kier alpha value is -1.84. The molecule has 0 aliphatic carbocycles. The number of aryl methyl sites for hydroxylation is 1. The summed E-state index contributed by atoms with van der Waals surface area (Å²) in [5.74, 6) is -0.183. The van der Waals surface area contributed by atoms with Crippen molar-refractivity contribution in [2.45, 2.75) is 66.0 Å². The summed E-state index contributed by atoms with van der Waals surface area (Å²) in [6.45, 7) is 11.6. The second-order valence-electron chi connectivity index (χ2n) is 7.47. The molecule has 0 heterocycles. The molecular formula is C20H31NO3. The molecule has 0 N–H and O–H groups in total. The quantitative estimate of drug-likeness (QED) is 0.714. The Kier molecular flexibility index (Phi) is 7.00. The summed E-state index contributed by atoms with van der Waals surface area (Å²) in [6, 6.07) is 7.81. The van der Waals surface area contributed by atoms with Gasteiger partial charge in [-0.2, -0.15) is 0 Å². The summed E-state index contributed by atoms with van der Waals surface area (Å²) in [7, 11) is 1.81. The molecule has 0 aliphatic rings. The molecule has 1 aromatic carbocycles. The first-order chi connectivity index (χ1) is 11.0. The predicted octanol–water partition coefficient (Wildman–Crippen LogP) is 3.75. The number of amides is 1. The van der Waals surface area contributed by atoms with Crippen LogP contribution >= 0.6 is 0 Å². The zero-order valence-electron chi connectivity index (χ0n) is 16.1. The van der Waals surface area contributed by atoms with E-state index in [0.717, 1.165) is 11.1 Å². The van der Waals surface area contributed by atoms with Crippen molar-refractivity contribution in [3.8, 4) is 0 Å². The minimum absolute atomic E-state index is 0.0480. The first kappa shape index (κ1) is 20.2. The van der Waals surface area contributed by atoms with Crippen molar-refractivity contribution in [1.29, 1.82) is 0 Å². The van der Waals surface area contributed by atoms with Gasteiger partial charge >= 0.3 is 5.97 Å². The highest BCUT2D eigenvalue weighted by atomic mass is 16.5. The number of ether oxygens (including phenoxy) is 1. The number of rotatable bonds is 7. The molecule has 1 unspecified atom stereocenters. The standard InChI is InChI=1S/C20H31NO3/c1-14(2)19(23)21(7)20(5,6)13-16(4)24-18(22)12-17-11-9-8-10-15(17)3/h8-11,14,16H,12-13H2,1-7H3. The van der Waals surface area contributed by atoms with E-state index >= 15 is 0 Å². The van der Waals surface area contributed by atoms with Crippen LogP contribution in [0.5, 0.6) is 0 Å². The number of carbonyl (C=O) groups excluding carboxylic acids is 2. The largest absolute Gasteiger partial charge is 0.462 e. The maximum absolute atomic E-state index is 12.2. The van der Waals surface area contributed by atoms with Crippen molar-refractivity contribution >= 4 is 11.9 Å². The zero-order chi connectivity index (χ0) is 18.5. The van der Waals surface area contributed by atoms with Crippen LogP contribution in [0.15, 0.2) is 24.3 Å². The summed E-state index contributed by atoms with van der Waals surface area (Å²) in [6.07, 6.45) is 0.624. The third-order valence-electron chi connectivity index (χ3n) is 4.45. The fraction of sp³-hybridized carbons (Fsp3) is 0.600. The average molecular weight is 333 g/mol. The van der Waals surface area contributed by atoms with Crippen LogP contribution < -0.4 is 0 Å². The third-order valence-corrected chi connectivity index (χ3v) is 4.45. The van der Waals surface area contributed by atoms with E-state index in [1.807, 2.05) is 72.9 Å². The van der Waals surface area contributed by atoms with E-state index in [2.05, 4.69) is 0 Å². The van der Waals surface area contributed by atoms with Crippen LogP contribution in [0.2, 0.25) is 0 Å². The van der Waals surface area contributed by atoms with Crippen LogP contribution in [-0.4, -0.2) is 35.5 Å². The van der Waals surface area contributed by atoms with Gasteiger partial charge in [-0.3, -0.25) is 9.59 Å². The van der Waals surface area contributed by atoms with E-state index in [1.54, 1.807) is 4.90 Å². The second kappa shape index (κ2) is 8.32. The van der Waals surface area contributed by atoms with E-state index in [1.165, 1.54) is 0 Å². The molecule has 0 fully saturated rings. The van der Waals surface area contributed by atoms with Gasteiger partial charge in [0.05, 0.1) is 6.42 Å². The van der Waals surface area contributed by atoms with Gasteiger partial charge in [0.1, 0.15) is 6.10 Å². The predicted molar refractivity (Wildman–Crippen MR) is 96.7 cm³/mol. The summed E-state index contributed by atoms with van der Waals surface area (Å²) in [5.41, 5.74) is 1.70. The molecule has 0 radical (unpaired) electrons. The Balaban J connectivity index is 2.61. The van der Waals surface area contributed by atoms with Crippen LogP contribution in [0.3, 0.4) is 0 Å². The van der Waals surface area contributed by atoms with Crippen LogP contribution in [-0.2, 0) is 20.7 Å². The molecule has 0 aliphatic heterocycles. The lowest BCUT2D eigenvalue weighted by Crippen LogP contribution is -2.48. The lowest BCUT2D eigenvalue weighted by atomic mass is 9.94. The molecule has 1 rings (SSSR count). The Bertz CT molecular complexity index is 578. The molecule has 1 atom stereocenters. The minimum Gasteiger partial charge on any atom is -0.462 e. The molecule has 24 heavy (non-hydrogen) atoms. The molecular weight excluding hydrogens is 302 g/mol. The molecule has 0 bridgehead atoms. The van der Waals surface area contributed by atoms with E-state index in [9.17, 15) is 9.59 Å². The van der Waals surface area contributed by atoms with Crippen molar-refractivity contribution in [2.24, 2.45) is 5.92 Å². The number of benzene rings is 1. The fourth-order valence-corrected chi connectivity index (χ4v) is 2.80. The smallest absolute Gasteiger partial charge is 0.310 e. The highest BCUT2D eigenvalue weighted by Gasteiger charge is 2.31. The van der Waals surface area contributed by atoms with Crippen LogP contribution in [0, 0.1) is 12.8 Å². The average Bonchev–Trinajstić information content (AvgIpc) is 2.47. The fourth-order valence-electron chi connectivity index (χ4n) is 2.80. The second-order valence-corrected chi connectivity index (χ2v) is 7.47.